The van der Waals surface area contributed by atoms with Crippen molar-refractivity contribution in [2.45, 2.75) is 12.5 Å². The van der Waals surface area contributed by atoms with Gasteiger partial charge in [-0.1, -0.05) is 79.9 Å². The van der Waals surface area contributed by atoms with Crippen LogP contribution >= 0.6 is 0 Å². The number of rotatable bonds is 4. The van der Waals surface area contributed by atoms with Gasteiger partial charge in [0.25, 0.3) is 0 Å². The number of epoxide rings is 1. The van der Waals surface area contributed by atoms with E-state index in [-0.39, 0.29) is 0 Å². The first-order chi connectivity index (χ1) is 9.81. The molecule has 0 N–H and O–H groups in total. The summed E-state index contributed by atoms with van der Waals surface area (Å²) in [6.07, 6.45) is 5.23. The van der Waals surface area contributed by atoms with Gasteiger partial charge in [0.2, 0.25) is 0 Å². The Balaban J connectivity index is 0.000000160. The molecule has 1 aliphatic heterocycles. The summed E-state index contributed by atoms with van der Waals surface area (Å²) >= 11 is 0. The minimum Gasteiger partial charge on any atom is -0.373 e. The van der Waals surface area contributed by atoms with Crippen LogP contribution in [0.25, 0.3) is 12.2 Å². The Kier molecular flexibility index (Phi) is 5.33. The predicted molar refractivity (Wildman–Crippen MR) is 86.5 cm³/mol. The van der Waals surface area contributed by atoms with E-state index in [0.29, 0.717) is 6.10 Å². The van der Waals surface area contributed by atoms with Crippen molar-refractivity contribution < 1.29 is 4.74 Å². The Bertz CT molecular complexity index is 536. The van der Waals surface area contributed by atoms with Crippen molar-refractivity contribution in [3.63, 3.8) is 0 Å². The van der Waals surface area contributed by atoms with E-state index >= 15 is 0 Å². The second-order valence-electron chi connectivity index (χ2n) is 4.72. The lowest BCUT2D eigenvalue weighted by Crippen LogP contribution is -1.91. The van der Waals surface area contributed by atoms with Crippen molar-refractivity contribution >= 4 is 12.2 Å². The first-order valence-electron chi connectivity index (χ1n) is 6.82. The molecule has 1 nitrogen and oxygen atoms in total. The minimum absolute atomic E-state index is 0.486. The third-order valence-electron chi connectivity index (χ3n) is 3.12. The molecule has 3 rings (SSSR count). The van der Waals surface area contributed by atoms with E-state index < -0.39 is 0 Å². The van der Waals surface area contributed by atoms with Crippen LogP contribution in [0.1, 0.15) is 16.7 Å². The summed E-state index contributed by atoms with van der Waals surface area (Å²) in [7, 11) is 0. The topological polar surface area (TPSA) is 12.5 Å². The van der Waals surface area contributed by atoms with Gasteiger partial charge in [0, 0.05) is 6.42 Å². The summed E-state index contributed by atoms with van der Waals surface area (Å²) in [4.78, 5) is 0. The van der Waals surface area contributed by atoms with Crippen LogP contribution in [0.3, 0.4) is 0 Å². The zero-order valence-electron chi connectivity index (χ0n) is 11.7. The van der Waals surface area contributed by atoms with E-state index in [2.05, 4.69) is 37.4 Å². The summed E-state index contributed by atoms with van der Waals surface area (Å²) in [6, 6.07) is 18.5. The van der Waals surface area contributed by atoms with Crippen LogP contribution in [0.5, 0.6) is 0 Å². The fraction of sp³-hybridized carbons (Fsp3) is 0.158. The molecule has 2 aromatic carbocycles. The first kappa shape index (κ1) is 14.3. The van der Waals surface area contributed by atoms with Gasteiger partial charge >= 0.3 is 0 Å². The molecule has 1 unspecified atom stereocenters. The van der Waals surface area contributed by atoms with Gasteiger partial charge in [0.15, 0.2) is 0 Å². The third-order valence-corrected chi connectivity index (χ3v) is 3.12. The van der Waals surface area contributed by atoms with Crippen molar-refractivity contribution in [3.8, 4) is 0 Å². The van der Waals surface area contributed by atoms with E-state index in [0.717, 1.165) is 13.0 Å². The molecule has 1 heterocycles. The molecule has 1 aliphatic rings. The lowest BCUT2D eigenvalue weighted by molar-refractivity contribution is 0.407. The summed E-state index contributed by atoms with van der Waals surface area (Å²) in [5, 5.41) is 0. The summed E-state index contributed by atoms with van der Waals surface area (Å²) in [5.41, 5.74) is 3.70. The Morgan fingerprint density at radius 1 is 0.900 bits per heavy atom. The largest absolute Gasteiger partial charge is 0.373 e. The van der Waals surface area contributed by atoms with Crippen LogP contribution < -0.4 is 0 Å². The smallest absolute Gasteiger partial charge is 0.0850 e. The Hall–Kier alpha value is -2.12. The number of benzene rings is 2. The maximum atomic E-state index is 5.15. The van der Waals surface area contributed by atoms with Crippen LogP contribution in [-0.4, -0.2) is 12.7 Å². The van der Waals surface area contributed by atoms with Crippen LogP contribution in [0, 0.1) is 0 Å². The molecule has 20 heavy (non-hydrogen) atoms. The quantitative estimate of drug-likeness (QED) is 0.735. The van der Waals surface area contributed by atoms with Crippen molar-refractivity contribution in [2.24, 2.45) is 0 Å². The SMILES string of the molecule is C=Cc1ccc(CC2CO2)cc1.C=Cc1ccccc1. The molecule has 0 aliphatic carbocycles. The van der Waals surface area contributed by atoms with Gasteiger partial charge in [-0.15, -0.1) is 0 Å². The highest BCUT2D eigenvalue weighted by Gasteiger charge is 2.22. The van der Waals surface area contributed by atoms with Gasteiger partial charge in [-0.25, -0.2) is 0 Å². The lowest BCUT2D eigenvalue weighted by atomic mass is 10.1. The molecule has 1 heteroatoms. The van der Waals surface area contributed by atoms with E-state index in [1.807, 2.05) is 42.5 Å². The molecule has 0 spiro atoms. The first-order valence-corrected chi connectivity index (χ1v) is 6.82. The van der Waals surface area contributed by atoms with Crippen molar-refractivity contribution in [3.05, 3.63) is 84.4 Å². The van der Waals surface area contributed by atoms with Gasteiger partial charge in [-0.3, -0.25) is 0 Å². The van der Waals surface area contributed by atoms with Gasteiger partial charge in [-0.05, 0) is 16.7 Å². The van der Waals surface area contributed by atoms with Crippen molar-refractivity contribution in [1.29, 1.82) is 0 Å². The average Bonchev–Trinajstić information content (AvgIpc) is 3.33. The summed E-state index contributed by atoms with van der Waals surface area (Å²) in [5.74, 6) is 0. The molecule has 1 atom stereocenters. The molecule has 0 radical (unpaired) electrons. The Morgan fingerprint density at radius 3 is 1.90 bits per heavy atom. The highest BCUT2D eigenvalue weighted by molar-refractivity contribution is 5.47. The summed E-state index contributed by atoms with van der Waals surface area (Å²) < 4.78 is 5.15. The molecular weight excluding hydrogens is 244 g/mol. The van der Waals surface area contributed by atoms with E-state index in [1.54, 1.807) is 0 Å². The lowest BCUT2D eigenvalue weighted by Gasteiger charge is -1.97. The van der Waals surface area contributed by atoms with E-state index in [1.165, 1.54) is 16.7 Å². The zero-order valence-corrected chi connectivity index (χ0v) is 11.7. The van der Waals surface area contributed by atoms with Crippen LogP contribution in [0.2, 0.25) is 0 Å². The minimum atomic E-state index is 0.486. The fourth-order valence-electron chi connectivity index (χ4n) is 1.83. The molecule has 0 aromatic heterocycles. The molecule has 1 fully saturated rings. The normalized spacial score (nSPS) is 15.7. The monoisotopic (exact) mass is 264 g/mol. The molecule has 102 valence electrons. The van der Waals surface area contributed by atoms with Crippen LogP contribution in [0.15, 0.2) is 67.8 Å². The second-order valence-corrected chi connectivity index (χ2v) is 4.72. The molecular formula is C19H20O. The van der Waals surface area contributed by atoms with Crippen LogP contribution in [-0.2, 0) is 11.2 Å². The maximum Gasteiger partial charge on any atom is 0.0850 e. The Morgan fingerprint density at radius 2 is 1.45 bits per heavy atom. The third kappa shape index (κ3) is 4.87. The average molecular weight is 264 g/mol. The number of hydrogen-bond donors (Lipinski definition) is 0. The molecule has 2 aromatic rings. The van der Waals surface area contributed by atoms with Gasteiger partial charge < -0.3 is 4.74 Å². The van der Waals surface area contributed by atoms with Crippen LogP contribution in [0.4, 0.5) is 0 Å². The second kappa shape index (κ2) is 7.46. The molecule has 0 saturated carbocycles. The zero-order chi connectivity index (χ0) is 14.2. The summed E-state index contributed by atoms with van der Waals surface area (Å²) in [6.45, 7) is 8.27. The van der Waals surface area contributed by atoms with Gasteiger partial charge in [0.05, 0.1) is 12.7 Å². The van der Waals surface area contributed by atoms with Gasteiger partial charge in [-0.2, -0.15) is 0 Å². The highest BCUT2D eigenvalue weighted by Crippen LogP contribution is 2.16. The van der Waals surface area contributed by atoms with Crippen molar-refractivity contribution in [1.82, 2.24) is 0 Å². The maximum absolute atomic E-state index is 5.15. The standard InChI is InChI=1S/C11H12O.C8H8/c1-2-9-3-5-10(6-4-9)7-11-8-12-11;1-2-8-6-4-3-5-7-8/h2-6,11H,1,7-8H2;2-7H,1H2. The number of hydrogen-bond acceptors (Lipinski definition) is 1. The number of ether oxygens (including phenoxy) is 1. The fourth-order valence-corrected chi connectivity index (χ4v) is 1.83. The van der Waals surface area contributed by atoms with Gasteiger partial charge in [0.1, 0.15) is 0 Å². The molecule has 1 saturated heterocycles. The van der Waals surface area contributed by atoms with E-state index in [4.69, 9.17) is 4.74 Å². The van der Waals surface area contributed by atoms with E-state index in [9.17, 15) is 0 Å². The van der Waals surface area contributed by atoms with Crippen molar-refractivity contribution in [2.75, 3.05) is 6.61 Å². The molecule has 0 bridgehead atoms. The highest BCUT2D eigenvalue weighted by atomic mass is 16.6. The Labute approximate surface area is 121 Å². The predicted octanol–water partition coefficient (Wildman–Crippen LogP) is 4.60. The molecule has 0 amide bonds.